The molecule has 0 aliphatic carbocycles. The van der Waals surface area contributed by atoms with Crippen LogP contribution in [0.25, 0.3) is 0 Å². The maximum absolute atomic E-state index is 12.4. The first-order valence-corrected chi connectivity index (χ1v) is 5.79. The van der Waals surface area contributed by atoms with E-state index in [1.165, 1.54) is 7.11 Å². The molecule has 1 aromatic carbocycles. The van der Waals surface area contributed by atoms with Crippen molar-refractivity contribution in [2.24, 2.45) is 7.05 Å². The van der Waals surface area contributed by atoms with Crippen molar-refractivity contribution in [3.8, 4) is 5.75 Å². The van der Waals surface area contributed by atoms with E-state index in [4.69, 9.17) is 16.3 Å². The van der Waals surface area contributed by atoms with Crippen LogP contribution in [0.2, 0.25) is 5.02 Å². The number of aromatic nitrogens is 2. The zero-order chi connectivity index (χ0) is 13.3. The molecule has 5 heteroatoms. The number of benzene rings is 1. The maximum Gasteiger partial charge on any atom is 0.214 e. The first-order valence-electron chi connectivity index (χ1n) is 5.41. The van der Waals surface area contributed by atoms with Gasteiger partial charge < -0.3 is 9.30 Å². The molecule has 18 heavy (non-hydrogen) atoms. The summed E-state index contributed by atoms with van der Waals surface area (Å²) >= 11 is 5.92. The van der Waals surface area contributed by atoms with E-state index in [-0.39, 0.29) is 5.78 Å². The molecule has 94 valence electrons. The highest BCUT2D eigenvalue weighted by Crippen LogP contribution is 2.25. The first kappa shape index (κ1) is 12.6. The van der Waals surface area contributed by atoms with Crippen LogP contribution in [-0.4, -0.2) is 22.4 Å². The smallest absolute Gasteiger partial charge is 0.214 e. The first-order chi connectivity index (χ1) is 8.54. The lowest BCUT2D eigenvalue weighted by Crippen LogP contribution is -2.09. The minimum Gasteiger partial charge on any atom is -0.496 e. The van der Waals surface area contributed by atoms with E-state index in [0.717, 1.165) is 5.82 Å². The van der Waals surface area contributed by atoms with Gasteiger partial charge in [0.2, 0.25) is 5.78 Å². The van der Waals surface area contributed by atoms with E-state index in [0.29, 0.717) is 22.0 Å². The second kappa shape index (κ2) is 4.82. The molecule has 2 aromatic rings. The van der Waals surface area contributed by atoms with Gasteiger partial charge in [-0.25, -0.2) is 4.98 Å². The molecule has 0 amide bonds. The molecule has 1 heterocycles. The molecule has 0 atom stereocenters. The van der Waals surface area contributed by atoms with E-state index < -0.39 is 0 Å². The third-order valence-electron chi connectivity index (χ3n) is 2.86. The lowest BCUT2D eigenvalue weighted by Gasteiger charge is -2.08. The van der Waals surface area contributed by atoms with Crippen LogP contribution in [0.1, 0.15) is 21.9 Å². The van der Waals surface area contributed by atoms with Gasteiger partial charge in [-0.05, 0) is 25.1 Å². The van der Waals surface area contributed by atoms with Crippen molar-refractivity contribution in [2.75, 3.05) is 7.11 Å². The van der Waals surface area contributed by atoms with Gasteiger partial charge in [0.15, 0.2) is 0 Å². The Morgan fingerprint density at radius 3 is 2.72 bits per heavy atom. The monoisotopic (exact) mass is 264 g/mol. The number of carbonyl (C=O) groups is 1. The van der Waals surface area contributed by atoms with Gasteiger partial charge in [0, 0.05) is 12.1 Å². The van der Waals surface area contributed by atoms with Crippen molar-refractivity contribution in [2.45, 2.75) is 6.92 Å². The molecule has 0 radical (unpaired) electrons. The number of rotatable bonds is 3. The highest BCUT2D eigenvalue weighted by Gasteiger charge is 2.18. The maximum atomic E-state index is 12.4. The zero-order valence-electron chi connectivity index (χ0n) is 10.4. The summed E-state index contributed by atoms with van der Waals surface area (Å²) in [6.45, 7) is 1.84. The average Bonchev–Trinajstić information content (AvgIpc) is 2.69. The molecule has 4 nitrogen and oxygen atoms in total. The van der Waals surface area contributed by atoms with Crippen LogP contribution in [0.3, 0.4) is 0 Å². The predicted molar refractivity (Wildman–Crippen MR) is 69.4 cm³/mol. The Morgan fingerprint density at radius 2 is 2.17 bits per heavy atom. The second-order valence-corrected chi connectivity index (χ2v) is 4.36. The highest BCUT2D eigenvalue weighted by molar-refractivity contribution is 6.31. The third-order valence-corrected chi connectivity index (χ3v) is 3.09. The number of aryl methyl sites for hydroxylation is 1. The largest absolute Gasteiger partial charge is 0.496 e. The summed E-state index contributed by atoms with van der Waals surface area (Å²) in [5.74, 6) is 1.13. The highest BCUT2D eigenvalue weighted by atomic mass is 35.5. The fourth-order valence-electron chi connectivity index (χ4n) is 1.71. The molecule has 0 unspecified atom stereocenters. The lowest BCUT2D eigenvalue weighted by molar-refractivity contribution is 0.102. The average molecular weight is 265 g/mol. The van der Waals surface area contributed by atoms with Crippen molar-refractivity contribution in [1.29, 1.82) is 0 Å². The fraction of sp³-hybridized carbons (Fsp3) is 0.231. The van der Waals surface area contributed by atoms with E-state index in [1.54, 1.807) is 36.0 Å². The Kier molecular flexibility index (Phi) is 3.39. The number of halogens is 1. The molecule has 0 aliphatic rings. The van der Waals surface area contributed by atoms with Crippen LogP contribution in [0.5, 0.6) is 5.75 Å². The number of carbonyl (C=O) groups excluding carboxylic acids is 1. The van der Waals surface area contributed by atoms with Crippen LogP contribution in [-0.2, 0) is 7.05 Å². The number of ketones is 1. The minimum absolute atomic E-state index is 0.155. The molecular weight excluding hydrogens is 252 g/mol. The summed E-state index contributed by atoms with van der Waals surface area (Å²) in [7, 11) is 3.32. The topological polar surface area (TPSA) is 44.1 Å². The molecule has 2 rings (SSSR count). The number of imidazole rings is 1. The van der Waals surface area contributed by atoms with Crippen molar-refractivity contribution >= 4 is 17.4 Å². The lowest BCUT2D eigenvalue weighted by atomic mass is 10.1. The summed E-state index contributed by atoms with van der Waals surface area (Å²) in [6.07, 6.45) is 1.55. The number of hydrogen-bond acceptors (Lipinski definition) is 3. The molecule has 1 aromatic heterocycles. The Labute approximate surface area is 110 Å². The molecule has 0 saturated heterocycles. The Bertz CT molecular complexity index is 605. The van der Waals surface area contributed by atoms with Crippen molar-refractivity contribution in [1.82, 2.24) is 9.55 Å². The predicted octanol–water partition coefficient (Wildman–Crippen LogP) is 2.62. The molecule has 0 bridgehead atoms. The van der Waals surface area contributed by atoms with Gasteiger partial charge in [-0.15, -0.1) is 0 Å². The molecule has 0 saturated carbocycles. The molecule has 0 spiro atoms. The minimum atomic E-state index is -0.155. The Balaban J connectivity index is 2.52. The SMILES string of the molecule is COc1ccc(Cl)cc1C(=O)c1cnc(C)n1C. The van der Waals surface area contributed by atoms with Crippen molar-refractivity contribution in [3.63, 3.8) is 0 Å². The summed E-state index contributed by atoms with van der Waals surface area (Å²) in [5, 5.41) is 0.498. The van der Waals surface area contributed by atoms with E-state index >= 15 is 0 Å². The third kappa shape index (κ3) is 2.11. The number of ether oxygens (including phenoxy) is 1. The number of hydrogen-bond donors (Lipinski definition) is 0. The summed E-state index contributed by atoms with van der Waals surface area (Å²) in [4.78, 5) is 16.5. The second-order valence-electron chi connectivity index (χ2n) is 3.92. The Hall–Kier alpha value is -1.81. The summed E-state index contributed by atoms with van der Waals surface area (Å²) in [5.41, 5.74) is 0.945. The van der Waals surface area contributed by atoms with E-state index in [2.05, 4.69) is 4.98 Å². The normalized spacial score (nSPS) is 10.4. The van der Waals surface area contributed by atoms with Crippen LogP contribution < -0.4 is 4.74 Å². The van der Waals surface area contributed by atoms with Gasteiger partial charge >= 0.3 is 0 Å². The van der Waals surface area contributed by atoms with Crippen molar-refractivity contribution in [3.05, 3.63) is 46.5 Å². The molecule has 0 aliphatic heterocycles. The number of methoxy groups -OCH3 is 1. The van der Waals surface area contributed by atoms with Crippen LogP contribution in [0.4, 0.5) is 0 Å². The van der Waals surface area contributed by atoms with Crippen LogP contribution in [0.15, 0.2) is 24.4 Å². The van der Waals surface area contributed by atoms with E-state index in [9.17, 15) is 4.79 Å². The van der Waals surface area contributed by atoms with Crippen LogP contribution >= 0.6 is 11.6 Å². The zero-order valence-corrected chi connectivity index (χ0v) is 11.2. The Morgan fingerprint density at radius 1 is 1.44 bits per heavy atom. The standard InChI is InChI=1S/C13H13ClN2O2/c1-8-15-7-11(16(8)2)13(17)10-6-9(14)4-5-12(10)18-3/h4-7H,1-3H3. The van der Waals surface area contributed by atoms with Crippen molar-refractivity contribution < 1.29 is 9.53 Å². The fourth-order valence-corrected chi connectivity index (χ4v) is 1.88. The quantitative estimate of drug-likeness (QED) is 0.801. The van der Waals surface area contributed by atoms with Gasteiger partial charge in [-0.1, -0.05) is 11.6 Å². The van der Waals surface area contributed by atoms with Gasteiger partial charge in [-0.3, -0.25) is 4.79 Å². The van der Waals surface area contributed by atoms with Crippen LogP contribution in [0, 0.1) is 6.92 Å². The van der Waals surface area contributed by atoms with Gasteiger partial charge in [-0.2, -0.15) is 0 Å². The number of nitrogens with zero attached hydrogens (tertiary/aromatic N) is 2. The molecule has 0 N–H and O–H groups in total. The van der Waals surface area contributed by atoms with Gasteiger partial charge in [0.1, 0.15) is 17.3 Å². The summed E-state index contributed by atoms with van der Waals surface area (Å²) < 4.78 is 6.92. The van der Waals surface area contributed by atoms with E-state index in [1.807, 2.05) is 6.92 Å². The summed E-state index contributed by atoms with van der Waals surface area (Å²) in [6, 6.07) is 4.97. The molecular formula is C13H13ClN2O2. The van der Waals surface area contributed by atoms with Gasteiger partial charge in [0.05, 0.1) is 18.9 Å². The van der Waals surface area contributed by atoms with Gasteiger partial charge in [0.25, 0.3) is 0 Å². The molecule has 0 fully saturated rings.